The molecule has 0 heterocycles. The highest BCUT2D eigenvalue weighted by Gasteiger charge is 2.33. The van der Waals surface area contributed by atoms with Gasteiger partial charge in [0, 0.05) is 17.5 Å². The van der Waals surface area contributed by atoms with Crippen LogP contribution >= 0.6 is 11.8 Å². The fourth-order valence-electron chi connectivity index (χ4n) is 3.81. The number of carbonyl (C=O) groups excluding carboxylic acids is 1. The lowest BCUT2D eigenvalue weighted by Crippen LogP contribution is -2.44. The maximum atomic E-state index is 14.8. The number of amides is 1. The molecule has 0 bridgehead atoms. The Morgan fingerprint density at radius 1 is 1.11 bits per heavy atom. The van der Waals surface area contributed by atoms with E-state index in [1.165, 1.54) is 36.9 Å². The Kier molecular flexibility index (Phi) is 7.88. The van der Waals surface area contributed by atoms with Crippen LogP contribution in [0, 0.1) is 5.82 Å². The summed E-state index contributed by atoms with van der Waals surface area (Å²) in [5.41, 5.74) is 1.63. The molecule has 0 saturated heterocycles. The molecular weight excluding hydrogens is 490 g/mol. The third-order valence-corrected chi connectivity index (χ3v) is 6.83. The van der Waals surface area contributed by atoms with Crippen molar-refractivity contribution in [1.29, 1.82) is 0 Å². The number of ether oxygens (including phenoxy) is 2. The molecule has 0 aliphatic heterocycles. The number of nitrogens with zero attached hydrogens (tertiary/aromatic N) is 1. The lowest BCUT2D eigenvalue weighted by molar-refractivity contribution is -0.274. The molecule has 1 aliphatic rings. The van der Waals surface area contributed by atoms with Crippen LogP contribution in [0.1, 0.15) is 38.3 Å². The third kappa shape index (κ3) is 6.81. The van der Waals surface area contributed by atoms with Crippen LogP contribution in [0.4, 0.5) is 22.4 Å². The molecule has 0 spiro atoms. The summed E-state index contributed by atoms with van der Waals surface area (Å²) in [6.45, 7) is 5.11. The van der Waals surface area contributed by atoms with Gasteiger partial charge in [-0.2, -0.15) is 0 Å². The molecule has 1 aliphatic carbocycles. The third-order valence-electron chi connectivity index (χ3n) is 5.62. The average Bonchev–Trinajstić information content (AvgIpc) is 2.75. The van der Waals surface area contributed by atoms with E-state index in [2.05, 4.69) is 4.74 Å². The van der Waals surface area contributed by atoms with Gasteiger partial charge in [-0.05, 0) is 87.6 Å². The van der Waals surface area contributed by atoms with Crippen molar-refractivity contribution < 1.29 is 41.7 Å². The molecule has 190 valence electrons. The first kappa shape index (κ1) is 26.7. The summed E-state index contributed by atoms with van der Waals surface area (Å²) in [6, 6.07) is 7.31. The molecule has 0 aromatic heterocycles. The number of aliphatic carboxylic acids is 1. The van der Waals surface area contributed by atoms with Gasteiger partial charge >= 0.3 is 18.4 Å². The topological polar surface area (TPSA) is 76.1 Å². The lowest BCUT2D eigenvalue weighted by atomic mass is 9.87. The van der Waals surface area contributed by atoms with E-state index < -0.39 is 34.7 Å². The van der Waals surface area contributed by atoms with Gasteiger partial charge in [-0.1, -0.05) is 0 Å². The number of aryl methyl sites for hydroxylation is 1. The van der Waals surface area contributed by atoms with Gasteiger partial charge in [0.1, 0.15) is 22.1 Å². The van der Waals surface area contributed by atoms with Crippen molar-refractivity contribution in [1.82, 2.24) is 4.90 Å². The predicted molar refractivity (Wildman–Crippen MR) is 121 cm³/mol. The van der Waals surface area contributed by atoms with Crippen LogP contribution in [0.5, 0.6) is 11.5 Å². The first-order valence-electron chi connectivity index (χ1n) is 10.9. The van der Waals surface area contributed by atoms with Crippen molar-refractivity contribution in [2.24, 2.45) is 0 Å². The van der Waals surface area contributed by atoms with Crippen molar-refractivity contribution in [3.05, 3.63) is 53.3 Å². The minimum absolute atomic E-state index is 0.0629. The average molecular weight is 516 g/mol. The number of rotatable bonds is 7. The second-order valence-electron chi connectivity index (χ2n) is 8.54. The van der Waals surface area contributed by atoms with Gasteiger partial charge < -0.3 is 19.5 Å². The van der Waals surface area contributed by atoms with E-state index in [4.69, 9.17) is 4.74 Å². The molecule has 0 saturated carbocycles. The largest absolute Gasteiger partial charge is 0.573 e. The van der Waals surface area contributed by atoms with E-state index in [1.807, 2.05) is 0 Å². The molecule has 2 aromatic rings. The van der Waals surface area contributed by atoms with Crippen LogP contribution in [-0.4, -0.2) is 45.8 Å². The van der Waals surface area contributed by atoms with Crippen LogP contribution in [0.2, 0.25) is 0 Å². The second-order valence-corrected chi connectivity index (χ2v) is 10.2. The van der Waals surface area contributed by atoms with E-state index in [-0.39, 0.29) is 16.7 Å². The smallest absolute Gasteiger partial charge is 0.480 e. The number of carbonyl (C=O) groups is 2. The molecule has 1 atom stereocenters. The van der Waals surface area contributed by atoms with Gasteiger partial charge in [-0.3, -0.25) is 4.79 Å². The van der Waals surface area contributed by atoms with Gasteiger partial charge in [0.05, 0.1) is 0 Å². The Morgan fingerprint density at radius 3 is 2.31 bits per heavy atom. The van der Waals surface area contributed by atoms with Gasteiger partial charge in [0.15, 0.2) is 0 Å². The zero-order valence-electron chi connectivity index (χ0n) is 19.3. The number of hydrogen-bond donors (Lipinski definition) is 1. The van der Waals surface area contributed by atoms with E-state index >= 15 is 0 Å². The van der Waals surface area contributed by atoms with Crippen LogP contribution in [-0.2, 0) is 17.6 Å². The van der Waals surface area contributed by atoms with Crippen molar-refractivity contribution in [2.45, 2.75) is 62.1 Å². The highest BCUT2D eigenvalue weighted by atomic mass is 32.2. The number of likely N-dealkylation sites (N-methyl/N-ethyl adjacent to an activating group) is 1. The van der Waals surface area contributed by atoms with Crippen LogP contribution < -0.4 is 9.47 Å². The summed E-state index contributed by atoms with van der Waals surface area (Å²) in [5, 5.41) is 9.33. The Labute approximate surface area is 204 Å². The number of carboxylic acids is 1. The van der Waals surface area contributed by atoms with Gasteiger partial charge in [0.2, 0.25) is 0 Å². The highest BCUT2D eigenvalue weighted by molar-refractivity contribution is 8.01. The predicted octanol–water partition coefficient (Wildman–Crippen LogP) is 6.06. The van der Waals surface area contributed by atoms with Crippen molar-refractivity contribution in [3.63, 3.8) is 0 Å². The Morgan fingerprint density at radius 2 is 1.74 bits per heavy atom. The number of hydrogen-bond acceptors (Lipinski definition) is 5. The maximum absolute atomic E-state index is 14.8. The molecule has 0 fully saturated rings. The SMILES string of the molecule is CCN(C(=O)Oc1ccc(OC(F)(F)F)cc1)C1CCc2cc(SC(C)(C)C(=O)O)c(F)cc2C1. The lowest BCUT2D eigenvalue weighted by Gasteiger charge is -2.34. The minimum Gasteiger partial charge on any atom is -0.480 e. The van der Waals surface area contributed by atoms with E-state index in [0.717, 1.165) is 35.0 Å². The van der Waals surface area contributed by atoms with E-state index in [0.29, 0.717) is 25.8 Å². The number of thioether (sulfide) groups is 1. The number of fused-ring (bicyclic) bond motifs is 1. The van der Waals surface area contributed by atoms with Crippen molar-refractivity contribution >= 4 is 23.8 Å². The first-order chi connectivity index (χ1) is 16.3. The summed E-state index contributed by atoms with van der Waals surface area (Å²) >= 11 is 0.945. The van der Waals surface area contributed by atoms with Crippen LogP contribution in [0.15, 0.2) is 41.3 Å². The minimum atomic E-state index is -4.82. The first-order valence-corrected chi connectivity index (χ1v) is 11.7. The Bertz CT molecular complexity index is 1090. The van der Waals surface area contributed by atoms with Gasteiger partial charge in [-0.15, -0.1) is 24.9 Å². The van der Waals surface area contributed by atoms with Gasteiger partial charge in [-0.25, -0.2) is 9.18 Å². The Hall–Kier alpha value is -2.95. The zero-order valence-corrected chi connectivity index (χ0v) is 20.1. The fraction of sp³-hybridized carbons (Fsp3) is 0.417. The second kappa shape index (κ2) is 10.3. The summed E-state index contributed by atoms with van der Waals surface area (Å²) in [6.07, 6.45) is -3.94. The molecule has 3 rings (SSSR count). The van der Waals surface area contributed by atoms with Crippen LogP contribution in [0.25, 0.3) is 0 Å². The molecule has 11 heteroatoms. The van der Waals surface area contributed by atoms with Crippen molar-refractivity contribution in [2.75, 3.05) is 6.54 Å². The van der Waals surface area contributed by atoms with E-state index in [9.17, 15) is 32.3 Å². The maximum Gasteiger partial charge on any atom is 0.573 e. The van der Waals surface area contributed by atoms with Crippen molar-refractivity contribution in [3.8, 4) is 11.5 Å². The molecule has 2 aromatic carbocycles. The molecule has 35 heavy (non-hydrogen) atoms. The number of carboxylic acid groups (broad SMARTS) is 1. The van der Waals surface area contributed by atoms with Gasteiger partial charge in [0.25, 0.3) is 0 Å². The summed E-state index contributed by atoms with van der Waals surface area (Å²) in [5.74, 6) is -1.93. The molecule has 0 radical (unpaired) electrons. The molecule has 1 unspecified atom stereocenters. The standard InChI is InChI=1S/C24H25F4NO5S/c1-4-29(22(32)33-17-7-9-18(10-8-17)34-24(26,27)28)16-6-5-14-13-20(19(25)12-15(14)11-16)35-23(2,3)21(30)31/h7-10,12-13,16H,4-6,11H2,1-3H3,(H,30,31). The molecule has 1 amide bonds. The fourth-order valence-corrected chi connectivity index (χ4v) is 4.80. The highest BCUT2D eigenvalue weighted by Crippen LogP contribution is 2.37. The zero-order chi connectivity index (χ0) is 26.0. The van der Waals surface area contributed by atoms with Crippen LogP contribution in [0.3, 0.4) is 0 Å². The number of benzene rings is 2. The number of halogens is 4. The quantitative estimate of drug-likeness (QED) is 0.357. The number of alkyl halides is 3. The van der Waals surface area contributed by atoms with E-state index in [1.54, 1.807) is 13.0 Å². The summed E-state index contributed by atoms with van der Waals surface area (Å²) < 4.78 is 59.6. The normalized spacial score (nSPS) is 15.8. The monoisotopic (exact) mass is 515 g/mol. The summed E-state index contributed by atoms with van der Waals surface area (Å²) in [4.78, 5) is 25.9. The molecular formula is C24H25F4NO5S. The molecule has 6 nitrogen and oxygen atoms in total. The molecule has 1 N–H and O–H groups in total. The summed E-state index contributed by atoms with van der Waals surface area (Å²) in [7, 11) is 0. The Balaban J connectivity index is 1.69.